The van der Waals surface area contributed by atoms with Crippen molar-refractivity contribution in [3.8, 4) is 0 Å². The summed E-state index contributed by atoms with van der Waals surface area (Å²) in [6, 6.07) is 5.52. The highest BCUT2D eigenvalue weighted by atomic mass is 16.1. The SMILES string of the molecule is CCCCCCCCCCCc1[nH]c2ccc(N)cc2c(=O)c1C. The van der Waals surface area contributed by atoms with Crippen molar-refractivity contribution < 1.29 is 0 Å². The average Bonchev–Trinajstić information content (AvgIpc) is 2.58. The fourth-order valence-corrected chi connectivity index (χ4v) is 3.32. The van der Waals surface area contributed by atoms with E-state index in [4.69, 9.17) is 5.73 Å². The molecule has 0 aliphatic heterocycles. The number of rotatable bonds is 10. The minimum Gasteiger partial charge on any atom is -0.399 e. The van der Waals surface area contributed by atoms with Gasteiger partial charge in [-0.3, -0.25) is 4.79 Å². The van der Waals surface area contributed by atoms with Crippen molar-refractivity contribution in [2.24, 2.45) is 0 Å². The summed E-state index contributed by atoms with van der Waals surface area (Å²) in [5, 5.41) is 0.698. The van der Waals surface area contributed by atoms with Crippen LogP contribution in [0.2, 0.25) is 0 Å². The number of aromatic amines is 1. The van der Waals surface area contributed by atoms with E-state index < -0.39 is 0 Å². The van der Waals surface area contributed by atoms with Crippen molar-refractivity contribution in [3.63, 3.8) is 0 Å². The second-order valence-corrected chi connectivity index (χ2v) is 6.94. The van der Waals surface area contributed by atoms with E-state index in [1.807, 2.05) is 19.1 Å². The first-order valence-electron chi connectivity index (χ1n) is 9.54. The van der Waals surface area contributed by atoms with Crippen LogP contribution in [-0.2, 0) is 6.42 Å². The van der Waals surface area contributed by atoms with Crippen LogP contribution < -0.4 is 11.2 Å². The lowest BCUT2D eigenvalue weighted by molar-refractivity contribution is 0.563. The normalized spacial score (nSPS) is 11.2. The lowest BCUT2D eigenvalue weighted by Gasteiger charge is -2.09. The zero-order chi connectivity index (χ0) is 17.4. The van der Waals surface area contributed by atoms with E-state index in [-0.39, 0.29) is 5.43 Å². The summed E-state index contributed by atoms with van der Waals surface area (Å²) in [4.78, 5) is 15.9. The van der Waals surface area contributed by atoms with Crippen molar-refractivity contribution in [3.05, 3.63) is 39.7 Å². The van der Waals surface area contributed by atoms with Gasteiger partial charge >= 0.3 is 0 Å². The average molecular weight is 329 g/mol. The monoisotopic (exact) mass is 328 g/mol. The second-order valence-electron chi connectivity index (χ2n) is 6.94. The first-order chi connectivity index (χ1) is 11.6. The number of nitrogens with two attached hydrogens (primary N) is 1. The van der Waals surface area contributed by atoms with Gasteiger partial charge in [0.2, 0.25) is 0 Å². The van der Waals surface area contributed by atoms with Crippen molar-refractivity contribution in [2.75, 3.05) is 5.73 Å². The minimum absolute atomic E-state index is 0.113. The molecule has 0 atom stereocenters. The molecule has 1 aromatic heterocycles. The lowest BCUT2D eigenvalue weighted by Crippen LogP contribution is -2.12. The molecule has 3 heteroatoms. The molecule has 0 saturated heterocycles. The molecule has 0 aliphatic rings. The number of pyridine rings is 1. The molecule has 3 N–H and O–H groups in total. The van der Waals surface area contributed by atoms with Gasteiger partial charge in [-0.15, -0.1) is 0 Å². The Morgan fingerprint density at radius 1 is 0.958 bits per heavy atom. The van der Waals surface area contributed by atoms with Gasteiger partial charge in [0.05, 0.1) is 0 Å². The van der Waals surface area contributed by atoms with Gasteiger partial charge < -0.3 is 10.7 Å². The number of fused-ring (bicyclic) bond motifs is 1. The van der Waals surface area contributed by atoms with Crippen LogP contribution in [0.25, 0.3) is 10.9 Å². The summed E-state index contributed by atoms with van der Waals surface area (Å²) < 4.78 is 0. The predicted octanol–water partition coefficient (Wildman–Crippen LogP) is 5.49. The van der Waals surface area contributed by atoms with E-state index in [2.05, 4.69) is 11.9 Å². The number of nitrogens with one attached hydrogen (secondary N) is 1. The number of aryl methyl sites for hydroxylation is 1. The van der Waals surface area contributed by atoms with Gasteiger partial charge in [-0.25, -0.2) is 0 Å². The van der Waals surface area contributed by atoms with E-state index in [1.54, 1.807) is 6.07 Å². The van der Waals surface area contributed by atoms with E-state index in [0.717, 1.165) is 29.6 Å². The standard InChI is InChI=1S/C21H32N2O/c1-3-4-5-6-7-8-9-10-11-12-19-16(2)21(24)18-15-17(22)13-14-20(18)23-19/h13-15H,3-12,22H2,1-2H3,(H,23,24). The Bertz CT molecular complexity index is 703. The second kappa shape index (κ2) is 9.51. The Kier molecular flexibility index (Phi) is 7.36. The number of benzene rings is 1. The number of H-pyrrole nitrogens is 1. The molecule has 0 spiro atoms. The maximum atomic E-state index is 12.5. The highest BCUT2D eigenvalue weighted by molar-refractivity contribution is 5.82. The number of unbranched alkanes of at least 4 members (excludes halogenated alkanes) is 8. The zero-order valence-corrected chi connectivity index (χ0v) is 15.3. The fourth-order valence-electron chi connectivity index (χ4n) is 3.32. The molecule has 0 radical (unpaired) electrons. The van der Waals surface area contributed by atoms with Crippen LogP contribution in [0, 0.1) is 6.92 Å². The summed E-state index contributed by atoms with van der Waals surface area (Å²) in [6.45, 7) is 4.18. The summed E-state index contributed by atoms with van der Waals surface area (Å²) in [5.74, 6) is 0. The molecule has 0 bridgehead atoms. The number of anilines is 1. The molecule has 132 valence electrons. The van der Waals surface area contributed by atoms with Crippen LogP contribution in [0.1, 0.15) is 76.0 Å². The first-order valence-corrected chi connectivity index (χ1v) is 9.54. The van der Waals surface area contributed by atoms with Gasteiger partial charge in [-0.05, 0) is 38.0 Å². The lowest BCUT2D eigenvalue weighted by atomic mass is 10.0. The molecule has 2 rings (SSSR count). The summed E-state index contributed by atoms with van der Waals surface area (Å²) in [7, 11) is 0. The molecule has 0 amide bonds. The van der Waals surface area contributed by atoms with Crippen LogP contribution in [0.4, 0.5) is 5.69 Å². The molecule has 1 aromatic carbocycles. The summed E-state index contributed by atoms with van der Waals surface area (Å²) >= 11 is 0. The first kappa shape index (κ1) is 18.6. The zero-order valence-electron chi connectivity index (χ0n) is 15.3. The molecule has 0 saturated carbocycles. The number of nitrogen functional groups attached to an aromatic ring is 1. The molecule has 0 aliphatic carbocycles. The van der Waals surface area contributed by atoms with Crippen molar-refractivity contribution in [1.82, 2.24) is 4.98 Å². The third-order valence-electron chi connectivity index (χ3n) is 4.90. The van der Waals surface area contributed by atoms with Crippen LogP contribution in [0.5, 0.6) is 0 Å². The number of hydrogen-bond acceptors (Lipinski definition) is 2. The quantitative estimate of drug-likeness (QED) is 0.447. The Morgan fingerprint density at radius 3 is 2.25 bits per heavy atom. The fraction of sp³-hybridized carbons (Fsp3) is 0.571. The molecule has 0 fully saturated rings. The van der Waals surface area contributed by atoms with Gasteiger partial charge in [0, 0.05) is 27.8 Å². The maximum Gasteiger partial charge on any atom is 0.192 e. The third-order valence-corrected chi connectivity index (χ3v) is 4.90. The van der Waals surface area contributed by atoms with Crippen LogP contribution in [-0.4, -0.2) is 4.98 Å². The molecule has 3 nitrogen and oxygen atoms in total. The van der Waals surface area contributed by atoms with Crippen molar-refractivity contribution in [1.29, 1.82) is 0 Å². The number of aromatic nitrogens is 1. The van der Waals surface area contributed by atoms with Crippen LogP contribution in [0.3, 0.4) is 0 Å². The summed E-state index contributed by atoms with van der Waals surface area (Å²) in [5.41, 5.74) is 9.36. The minimum atomic E-state index is 0.113. The highest BCUT2D eigenvalue weighted by Gasteiger charge is 2.08. The van der Waals surface area contributed by atoms with Gasteiger partial charge in [0.25, 0.3) is 0 Å². The van der Waals surface area contributed by atoms with Crippen LogP contribution >= 0.6 is 0 Å². The molecular weight excluding hydrogens is 296 g/mol. The largest absolute Gasteiger partial charge is 0.399 e. The molecule has 2 aromatic rings. The predicted molar refractivity (Wildman–Crippen MR) is 105 cm³/mol. The molecule has 24 heavy (non-hydrogen) atoms. The van der Waals surface area contributed by atoms with E-state index in [0.29, 0.717) is 11.1 Å². The smallest absolute Gasteiger partial charge is 0.192 e. The Labute approximate surface area is 145 Å². The topological polar surface area (TPSA) is 58.9 Å². The van der Waals surface area contributed by atoms with E-state index in [9.17, 15) is 4.79 Å². The summed E-state index contributed by atoms with van der Waals surface area (Å²) in [6.07, 6.45) is 12.8. The van der Waals surface area contributed by atoms with Gasteiger partial charge in [0.15, 0.2) is 5.43 Å². The van der Waals surface area contributed by atoms with Gasteiger partial charge in [-0.1, -0.05) is 58.3 Å². The molecular formula is C21H32N2O. The van der Waals surface area contributed by atoms with E-state index >= 15 is 0 Å². The Morgan fingerprint density at radius 2 is 1.58 bits per heavy atom. The van der Waals surface area contributed by atoms with E-state index in [1.165, 1.54) is 51.4 Å². The maximum absolute atomic E-state index is 12.5. The van der Waals surface area contributed by atoms with Crippen molar-refractivity contribution in [2.45, 2.75) is 78.1 Å². The molecule has 0 unspecified atom stereocenters. The molecule has 1 heterocycles. The van der Waals surface area contributed by atoms with Gasteiger partial charge in [-0.2, -0.15) is 0 Å². The Hall–Kier alpha value is -1.77. The van der Waals surface area contributed by atoms with Crippen LogP contribution in [0.15, 0.2) is 23.0 Å². The Balaban J connectivity index is 1.82. The number of hydrogen-bond donors (Lipinski definition) is 2. The highest BCUT2D eigenvalue weighted by Crippen LogP contribution is 2.17. The van der Waals surface area contributed by atoms with Gasteiger partial charge in [0.1, 0.15) is 0 Å². The third kappa shape index (κ3) is 5.12. The van der Waals surface area contributed by atoms with Crippen molar-refractivity contribution >= 4 is 16.6 Å².